The van der Waals surface area contributed by atoms with Gasteiger partial charge in [-0.2, -0.15) is 5.10 Å². The standard InChI is InChI=1S/C11H12BrN3/c1-13-9-5-3-4-8(6-9)11-10(12)7-14-15(11)2/h3-7,13H,1-2H3. The van der Waals surface area contributed by atoms with Gasteiger partial charge in [-0.3, -0.25) is 4.68 Å². The van der Waals surface area contributed by atoms with Crippen molar-refractivity contribution in [3.8, 4) is 11.3 Å². The Hall–Kier alpha value is -1.29. The first-order valence-electron chi connectivity index (χ1n) is 4.68. The zero-order chi connectivity index (χ0) is 10.8. The smallest absolute Gasteiger partial charge is 0.0821 e. The molecule has 1 aromatic heterocycles. The number of hydrogen-bond donors (Lipinski definition) is 1. The third-order valence-electron chi connectivity index (χ3n) is 2.32. The number of nitrogens with zero attached hydrogens (tertiary/aromatic N) is 2. The Kier molecular flexibility index (Phi) is 2.77. The highest BCUT2D eigenvalue weighted by Gasteiger charge is 2.08. The maximum Gasteiger partial charge on any atom is 0.0821 e. The van der Waals surface area contributed by atoms with Crippen LogP contribution in [0.3, 0.4) is 0 Å². The Morgan fingerprint density at radius 2 is 2.20 bits per heavy atom. The molecule has 1 N–H and O–H groups in total. The molecule has 0 amide bonds. The molecular formula is C11H12BrN3. The van der Waals surface area contributed by atoms with Crippen molar-refractivity contribution < 1.29 is 0 Å². The van der Waals surface area contributed by atoms with Gasteiger partial charge >= 0.3 is 0 Å². The molecule has 15 heavy (non-hydrogen) atoms. The van der Waals surface area contributed by atoms with Crippen LogP contribution in [0.4, 0.5) is 5.69 Å². The molecule has 0 fully saturated rings. The fourth-order valence-electron chi connectivity index (χ4n) is 1.56. The fraction of sp³-hybridized carbons (Fsp3) is 0.182. The van der Waals surface area contributed by atoms with Crippen LogP contribution in [0.5, 0.6) is 0 Å². The SMILES string of the molecule is CNc1cccc(-c2c(Br)cnn2C)c1. The van der Waals surface area contributed by atoms with E-state index in [-0.39, 0.29) is 0 Å². The summed E-state index contributed by atoms with van der Waals surface area (Å²) >= 11 is 3.50. The number of aryl methyl sites for hydroxylation is 1. The summed E-state index contributed by atoms with van der Waals surface area (Å²) in [6.45, 7) is 0. The van der Waals surface area contributed by atoms with E-state index in [1.807, 2.05) is 30.9 Å². The first kappa shape index (κ1) is 10.2. The molecule has 78 valence electrons. The Morgan fingerprint density at radius 1 is 1.40 bits per heavy atom. The van der Waals surface area contributed by atoms with Gasteiger partial charge in [-0.1, -0.05) is 12.1 Å². The van der Waals surface area contributed by atoms with Gasteiger partial charge in [0.25, 0.3) is 0 Å². The van der Waals surface area contributed by atoms with Gasteiger partial charge < -0.3 is 5.32 Å². The van der Waals surface area contributed by atoms with Crippen molar-refractivity contribution in [3.05, 3.63) is 34.9 Å². The second kappa shape index (κ2) is 4.06. The highest BCUT2D eigenvalue weighted by Crippen LogP contribution is 2.28. The van der Waals surface area contributed by atoms with Crippen LogP contribution in [0.1, 0.15) is 0 Å². The molecule has 4 heteroatoms. The molecule has 0 aliphatic heterocycles. The van der Waals surface area contributed by atoms with Crippen molar-refractivity contribution in [2.75, 3.05) is 12.4 Å². The predicted molar refractivity (Wildman–Crippen MR) is 65.9 cm³/mol. The van der Waals surface area contributed by atoms with E-state index < -0.39 is 0 Å². The van der Waals surface area contributed by atoms with E-state index >= 15 is 0 Å². The summed E-state index contributed by atoms with van der Waals surface area (Å²) in [5.41, 5.74) is 3.33. The number of rotatable bonds is 2. The molecule has 0 saturated carbocycles. The quantitative estimate of drug-likeness (QED) is 0.905. The lowest BCUT2D eigenvalue weighted by Gasteiger charge is -2.06. The molecule has 0 bridgehead atoms. The molecule has 0 unspecified atom stereocenters. The van der Waals surface area contributed by atoms with E-state index in [1.165, 1.54) is 0 Å². The molecule has 0 spiro atoms. The monoisotopic (exact) mass is 265 g/mol. The van der Waals surface area contributed by atoms with Gasteiger partial charge in [-0.05, 0) is 28.1 Å². The Labute approximate surface area is 97.2 Å². The Balaban J connectivity index is 2.53. The van der Waals surface area contributed by atoms with Crippen LogP contribution in [0, 0.1) is 0 Å². The van der Waals surface area contributed by atoms with Crippen molar-refractivity contribution >= 4 is 21.6 Å². The van der Waals surface area contributed by atoms with Crippen molar-refractivity contribution in [1.82, 2.24) is 9.78 Å². The summed E-state index contributed by atoms with van der Waals surface area (Å²) in [4.78, 5) is 0. The second-order valence-electron chi connectivity index (χ2n) is 3.30. The molecule has 2 aromatic rings. The zero-order valence-corrected chi connectivity index (χ0v) is 10.2. The van der Waals surface area contributed by atoms with Gasteiger partial charge in [0.15, 0.2) is 0 Å². The van der Waals surface area contributed by atoms with Gasteiger partial charge in [0, 0.05) is 25.3 Å². The third kappa shape index (κ3) is 1.90. The second-order valence-corrected chi connectivity index (χ2v) is 4.15. The van der Waals surface area contributed by atoms with E-state index in [0.29, 0.717) is 0 Å². The summed E-state index contributed by atoms with van der Waals surface area (Å²) in [5, 5.41) is 7.32. The Morgan fingerprint density at radius 3 is 2.80 bits per heavy atom. The van der Waals surface area contributed by atoms with Crippen LogP contribution < -0.4 is 5.32 Å². The van der Waals surface area contributed by atoms with Crippen LogP contribution in [0.2, 0.25) is 0 Å². The topological polar surface area (TPSA) is 29.9 Å². The van der Waals surface area contributed by atoms with E-state index in [9.17, 15) is 0 Å². The average Bonchev–Trinajstić information content (AvgIpc) is 2.59. The minimum absolute atomic E-state index is 1.01. The molecule has 0 aliphatic carbocycles. The maximum atomic E-state index is 4.20. The Bertz CT molecular complexity index is 457. The van der Waals surface area contributed by atoms with Gasteiger partial charge in [0.2, 0.25) is 0 Å². The lowest BCUT2D eigenvalue weighted by molar-refractivity contribution is 0.776. The van der Waals surface area contributed by atoms with Crippen LogP contribution in [0.25, 0.3) is 11.3 Å². The van der Waals surface area contributed by atoms with Gasteiger partial charge in [-0.25, -0.2) is 0 Å². The highest BCUT2D eigenvalue weighted by atomic mass is 79.9. The highest BCUT2D eigenvalue weighted by molar-refractivity contribution is 9.10. The average molecular weight is 266 g/mol. The first-order valence-corrected chi connectivity index (χ1v) is 5.47. The van der Waals surface area contributed by atoms with E-state index in [4.69, 9.17) is 0 Å². The molecule has 2 rings (SSSR count). The van der Waals surface area contributed by atoms with Crippen LogP contribution in [-0.4, -0.2) is 16.8 Å². The molecule has 1 aromatic carbocycles. The van der Waals surface area contributed by atoms with Crippen molar-refractivity contribution in [1.29, 1.82) is 0 Å². The van der Waals surface area contributed by atoms with Crippen molar-refractivity contribution in [2.24, 2.45) is 7.05 Å². The minimum atomic E-state index is 1.01. The number of benzene rings is 1. The fourth-order valence-corrected chi connectivity index (χ4v) is 2.13. The molecule has 0 atom stereocenters. The minimum Gasteiger partial charge on any atom is -0.388 e. The molecule has 3 nitrogen and oxygen atoms in total. The summed E-state index contributed by atoms with van der Waals surface area (Å²) in [6, 6.07) is 8.23. The number of nitrogens with one attached hydrogen (secondary N) is 1. The summed E-state index contributed by atoms with van der Waals surface area (Å²) in [6.07, 6.45) is 1.81. The van der Waals surface area contributed by atoms with Crippen molar-refractivity contribution in [3.63, 3.8) is 0 Å². The van der Waals surface area contributed by atoms with Gasteiger partial charge in [0.1, 0.15) is 0 Å². The zero-order valence-electron chi connectivity index (χ0n) is 8.66. The largest absolute Gasteiger partial charge is 0.388 e. The summed E-state index contributed by atoms with van der Waals surface area (Å²) < 4.78 is 2.87. The molecule has 1 heterocycles. The van der Waals surface area contributed by atoms with E-state index in [1.54, 1.807) is 6.20 Å². The predicted octanol–water partition coefficient (Wildman–Crippen LogP) is 2.89. The summed E-state index contributed by atoms with van der Waals surface area (Å²) in [7, 11) is 3.85. The van der Waals surface area contributed by atoms with Gasteiger partial charge in [0.05, 0.1) is 16.4 Å². The van der Waals surface area contributed by atoms with Crippen LogP contribution >= 0.6 is 15.9 Å². The van der Waals surface area contributed by atoms with Crippen LogP contribution in [-0.2, 0) is 7.05 Å². The molecule has 0 aliphatic rings. The molecule has 0 saturated heterocycles. The lowest BCUT2D eigenvalue weighted by Crippen LogP contribution is -1.94. The van der Waals surface area contributed by atoms with E-state index in [0.717, 1.165) is 21.4 Å². The number of aromatic nitrogens is 2. The number of halogens is 1. The number of hydrogen-bond acceptors (Lipinski definition) is 2. The molecular weight excluding hydrogens is 254 g/mol. The lowest BCUT2D eigenvalue weighted by atomic mass is 10.1. The van der Waals surface area contributed by atoms with Crippen molar-refractivity contribution in [2.45, 2.75) is 0 Å². The summed E-state index contributed by atoms with van der Waals surface area (Å²) in [5.74, 6) is 0. The maximum absolute atomic E-state index is 4.20. The molecule has 0 radical (unpaired) electrons. The van der Waals surface area contributed by atoms with Gasteiger partial charge in [-0.15, -0.1) is 0 Å². The number of anilines is 1. The normalized spacial score (nSPS) is 10.3. The third-order valence-corrected chi connectivity index (χ3v) is 2.90. The first-order chi connectivity index (χ1) is 7.22. The van der Waals surface area contributed by atoms with E-state index in [2.05, 4.69) is 38.5 Å². The van der Waals surface area contributed by atoms with Crippen LogP contribution in [0.15, 0.2) is 34.9 Å².